The highest BCUT2D eigenvalue weighted by Gasteiger charge is 2.26. The summed E-state index contributed by atoms with van der Waals surface area (Å²) in [4.78, 5) is 25.0. The lowest BCUT2D eigenvalue weighted by Gasteiger charge is -2.21. The van der Waals surface area contributed by atoms with Crippen LogP contribution in [-0.4, -0.2) is 27.6 Å². The van der Waals surface area contributed by atoms with Crippen LogP contribution < -0.4 is 10.6 Å². The summed E-state index contributed by atoms with van der Waals surface area (Å²) in [5.41, 5.74) is 2.08. The summed E-state index contributed by atoms with van der Waals surface area (Å²) in [5.74, 6) is -0.416. The molecule has 2 aromatic rings. The smallest absolute Gasteiger partial charge is 0.259 e. The van der Waals surface area contributed by atoms with Crippen LogP contribution in [0.2, 0.25) is 0 Å². The third-order valence-corrected chi connectivity index (χ3v) is 4.22. The van der Waals surface area contributed by atoms with Crippen molar-refractivity contribution in [1.29, 1.82) is 0 Å². The summed E-state index contributed by atoms with van der Waals surface area (Å²) < 4.78 is 1.83. The van der Waals surface area contributed by atoms with Gasteiger partial charge >= 0.3 is 0 Å². The Morgan fingerprint density at radius 1 is 1.12 bits per heavy atom. The first-order valence-electron chi connectivity index (χ1n) is 8.53. The molecule has 1 aliphatic rings. The van der Waals surface area contributed by atoms with E-state index in [2.05, 4.69) is 15.7 Å². The van der Waals surface area contributed by atoms with E-state index in [1.807, 2.05) is 32.4 Å². The standard InChI is InChI=1S/C19H24N4O2/c1-12-15(11-20-23(12)19(2,3)4)18(25)22-16-8-6-5-7-14(16)17(24)21-13-9-10-13/h5-8,11,13H,9-10H2,1-4H3,(H,21,24)(H,22,25). The molecule has 1 saturated carbocycles. The van der Waals surface area contributed by atoms with E-state index in [1.54, 1.807) is 30.5 Å². The van der Waals surface area contributed by atoms with Crippen molar-refractivity contribution in [2.75, 3.05) is 5.32 Å². The highest BCUT2D eigenvalue weighted by molar-refractivity contribution is 6.09. The van der Waals surface area contributed by atoms with Crippen LogP contribution in [0.5, 0.6) is 0 Å². The largest absolute Gasteiger partial charge is 0.349 e. The fourth-order valence-corrected chi connectivity index (χ4v) is 2.78. The first kappa shape index (κ1) is 17.2. The van der Waals surface area contributed by atoms with Crippen LogP contribution in [0.25, 0.3) is 0 Å². The number of amides is 2. The van der Waals surface area contributed by atoms with Crippen molar-refractivity contribution in [2.24, 2.45) is 0 Å². The third kappa shape index (κ3) is 3.73. The molecule has 0 radical (unpaired) electrons. The fraction of sp³-hybridized carbons (Fsp3) is 0.421. The minimum atomic E-state index is -0.264. The topological polar surface area (TPSA) is 76.0 Å². The molecule has 0 spiro atoms. The molecular formula is C19H24N4O2. The number of nitrogens with zero attached hydrogens (tertiary/aromatic N) is 2. The number of benzene rings is 1. The zero-order chi connectivity index (χ0) is 18.2. The molecule has 0 unspecified atom stereocenters. The van der Waals surface area contributed by atoms with Crippen molar-refractivity contribution < 1.29 is 9.59 Å². The van der Waals surface area contributed by atoms with E-state index >= 15 is 0 Å². The van der Waals surface area contributed by atoms with Crippen molar-refractivity contribution in [3.05, 3.63) is 47.3 Å². The Kier molecular flexibility index (Phi) is 4.37. The Balaban J connectivity index is 1.82. The quantitative estimate of drug-likeness (QED) is 0.898. The Morgan fingerprint density at radius 3 is 2.40 bits per heavy atom. The third-order valence-electron chi connectivity index (χ3n) is 4.22. The van der Waals surface area contributed by atoms with Crippen LogP contribution >= 0.6 is 0 Å². The predicted molar refractivity (Wildman–Crippen MR) is 96.8 cm³/mol. The van der Waals surface area contributed by atoms with Crippen molar-refractivity contribution in [1.82, 2.24) is 15.1 Å². The average molecular weight is 340 g/mol. The highest BCUT2D eigenvalue weighted by Crippen LogP contribution is 2.23. The average Bonchev–Trinajstić information content (AvgIpc) is 3.25. The summed E-state index contributed by atoms with van der Waals surface area (Å²) in [7, 11) is 0. The summed E-state index contributed by atoms with van der Waals surface area (Å²) >= 11 is 0. The number of para-hydroxylation sites is 1. The van der Waals surface area contributed by atoms with Gasteiger partial charge in [0.2, 0.25) is 0 Å². The summed E-state index contributed by atoms with van der Waals surface area (Å²) in [5, 5.41) is 10.1. The Morgan fingerprint density at radius 2 is 1.80 bits per heavy atom. The SMILES string of the molecule is Cc1c(C(=O)Nc2ccccc2C(=O)NC2CC2)cnn1C(C)(C)C. The van der Waals surface area contributed by atoms with Gasteiger partial charge in [0.15, 0.2) is 0 Å². The van der Waals surface area contributed by atoms with Gasteiger partial charge in [-0.1, -0.05) is 12.1 Å². The maximum Gasteiger partial charge on any atom is 0.259 e. The van der Waals surface area contributed by atoms with Gasteiger partial charge in [-0.25, -0.2) is 0 Å². The molecule has 0 atom stereocenters. The maximum absolute atomic E-state index is 12.7. The normalized spacial score (nSPS) is 14.2. The first-order valence-corrected chi connectivity index (χ1v) is 8.53. The molecule has 1 aromatic heterocycles. The van der Waals surface area contributed by atoms with Gasteiger partial charge in [0, 0.05) is 11.7 Å². The van der Waals surface area contributed by atoms with Crippen LogP contribution in [0, 0.1) is 6.92 Å². The highest BCUT2D eigenvalue weighted by atomic mass is 16.2. The molecule has 1 heterocycles. The van der Waals surface area contributed by atoms with Gasteiger partial charge in [0.25, 0.3) is 11.8 Å². The summed E-state index contributed by atoms with van der Waals surface area (Å²) in [6, 6.07) is 7.32. The van der Waals surface area contributed by atoms with Gasteiger partial charge < -0.3 is 10.6 Å². The second-order valence-corrected chi connectivity index (χ2v) is 7.47. The van der Waals surface area contributed by atoms with Gasteiger partial charge in [0.05, 0.1) is 28.6 Å². The van der Waals surface area contributed by atoms with Crippen LogP contribution in [0.4, 0.5) is 5.69 Å². The van der Waals surface area contributed by atoms with E-state index in [-0.39, 0.29) is 23.4 Å². The molecule has 1 aliphatic carbocycles. The molecule has 0 aliphatic heterocycles. The van der Waals surface area contributed by atoms with Crippen LogP contribution in [0.1, 0.15) is 60.0 Å². The lowest BCUT2D eigenvalue weighted by atomic mass is 10.1. The van der Waals surface area contributed by atoms with Crippen molar-refractivity contribution in [2.45, 2.75) is 52.1 Å². The minimum Gasteiger partial charge on any atom is -0.349 e. The molecule has 0 bridgehead atoms. The van der Waals surface area contributed by atoms with Crippen LogP contribution in [-0.2, 0) is 5.54 Å². The number of rotatable bonds is 4. The Labute approximate surface area is 147 Å². The zero-order valence-electron chi connectivity index (χ0n) is 15.1. The zero-order valence-corrected chi connectivity index (χ0v) is 15.1. The predicted octanol–water partition coefficient (Wildman–Crippen LogP) is 3.09. The second kappa shape index (κ2) is 6.35. The van der Waals surface area contributed by atoms with Crippen molar-refractivity contribution in [3.8, 4) is 0 Å². The van der Waals surface area contributed by atoms with Gasteiger partial charge in [-0.05, 0) is 52.7 Å². The van der Waals surface area contributed by atoms with Gasteiger partial charge in [-0.15, -0.1) is 0 Å². The number of aromatic nitrogens is 2. The fourth-order valence-electron chi connectivity index (χ4n) is 2.78. The Bertz CT molecular complexity index is 813. The van der Waals surface area contributed by atoms with Gasteiger partial charge in [-0.3, -0.25) is 14.3 Å². The second-order valence-electron chi connectivity index (χ2n) is 7.47. The molecule has 6 nitrogen and oxygen atoms in total. The molecule has 25 heavy (non-hydrogen) atoms. The molecule has 0 saturated heterocycles. The molecule has 1 fully saturated rings. The number of anilines is 1. The molecular weight excluding hydrogens is 316 g/mol. The lowest BCUT2D eigenvalue weighted by Crippen LogP contribution is -2.27. The van der Waals surface area contributed by atoms with Crippen LogP contribution in [0.15, 0.2) is 30.5 Å². The number of carbonyl (C=O) groups excluding carboxylic acids is 2. The van der Waals surface area contributed by atoms with Gasteiger partial charge in [0.1, 0.15) is 0 Å². The van der Waals surface area contributed by atoms with Crippen molar-refractivity contribution >= 4 is 17.5 Å². The number of carbonyl (C=O) groups is 2. The number of hydrogen-bond donors (Lipinski definition) is 2. The van der Waals surface area contributed by atoms with Gasteiger partial charge in [-0.2, -0.15) is 5.10 Å². The molecule has 6 heteroatoms. The van der Waals surface area contributed by atoms with E-state index in [9.17, 15) is 9.59 Å². The molecule has 2 N–H and O–H groups in total. The monoisotopic (exact) mass is 340 g/mol. The molecule has 132 valence electrons. The van der Waals surface area contributed by atoms with Crippen LogP contribution in [0.3, 0.4) is 0 Å². The number of hydrogen-bond acceptors (Lipinski definition) is 3. The molecule has 1 aromatic carbocycles. The van der Waals surface area contributed by atoms with E-state index in [4.69, 9.17) is 0 Å². The molecule has 2 amide bonds. The number of nitrogens with one attached hydrogen (secondary N) is 2. The summed E-state index contributed by atoms with van der Waals surface area (Å²) in [6.45, 7) is 7.98. The Hall–Kier alpha value is -2.63. The van der Waals surface area contributed by atoms with E-state index < -0.39 is 0 Å². The van der Waals surface area contributed by atoms with E-state index in [0.717, 1.165) is 18.5 Å². The van der Waals surface area contributed by atoms with E-state index in [1.165, 1.54) is 0 Å². The lowest BCUT2D eigenvalue weighted by molar-refractivity contribution is 0.0952. The summed E-state index contributed by atoms with van der Waals surface area (Å²) in [6.07, 6.45) is 3.61. The van der Waals surface area contributed by atoms with Crippen molar-refractivity contribution in [3.63, 3.8) is 0 Å². The molecule has 3 rings (SSSR count). The first-order chi connectivity index (χ1) is 11.8. The minimum absolute atomic E-state index is 0.152. The van der Waals surface area contributed by atoms with E-state index in [0.29, 0.717) is 16.8 Å². The maximum atomic E-state index is 12.7.